The van der Waals surface area contributed by atoms with Crippen molar-refractivity contribution < 1.29 is 77.9 Å². The van der Waals surface area contributed by atoms with Crippen LogP contribution in [0.5, 0.6) is 0 Å². The van der Waals surface area contributed by atoms with Crippen LogP contribution in [0.4, 0.5) is 43.9 Å². The Morgan fingerprint density at radius 1 is 0.278 bits per heavy atom. The Kier molecular flexibility index (Phi) is 14.3. The van der Waals surface area contributed by atoms with Gasteiger partial charge < -0.3 is 34.0 Å². The predicted octanol–water partition coefficient (Wildman–Crippen LogP) is 4.12. The van der Waals surface area contributed by atoms with E-state index in [1.165, 1.54) is 0 Å². The summed E-state index contributed by atoms with van der Waals surface area (Å²) < 4.78 is 150. The van der Waals surface area contributed by atoms with E-state index in [2.05, 4.69) is 0 Å². The normalized spacial score (nSPS) is 11.5. The molecule has 0 atom stereocenters. The Hall–Kier alpha value is -3.56. The van der Waals surface area contributed by atoms with Gasteiger partial charge in [0.2, 0.25) is 11.6 Å². The van der Waals surface area contributed by atoms with E-state index >= 15 is 17.6 Å². The summed E-state index contributed by atoms with van der Waals surface area (Å²) in [4.78, 5) is 0. The lowest BCUT2D eigenvalue weighted by molar-refractivity contribution is -0.001000. The highest BCUT2D eigenvalue weighted by molar-refractivity contribution is 7.92. The SMILES string of the molecule is Fc1c(F)c(F)c(C[P+](CC[P+](Cc2c(F)c(F)c(F)c(F)c2F)(c2ccccc2)c2ccccc2)(c2ccccc2)c2ccccc2)c(F)c1F.[Br-].[Br-]. The molecule has 0 nitrogen and oxygen atoms in total. The molecule has 14 heteroatoms. The minimum Gasteiger partial charge on any atom is -1.00 e. The summed E-state index contributed by atoms with van der Waals surface area (Å²) in [6.45, 7) is 0. The highest BCUT2D eigenvalue weighted by Gasteiger charge is 2.52. The Bertz CT molecular complexity index is 1920. The quantitative estimate of drug-likeness (QED) is 0.0796. The summed E-state index contributed by atoms with van der Waals surface area (Å²) >= 11 is 0. The fourth-order valence-corrected chi connectivity index (χ4v) is 16.7. The summed E-state index contributed by atoms with van der Waals surface area (Å²) in [5.41, 5.74) is -2.05. The molecule has 0 amide bonds. The van der Waals surface area contributed by atoms with Gasteiger partial charge in [0.05, 0.1) is 59.2 Å². The maximum absolute atomic E-state index is 15.6. The van der Waals surface area contributed by atoms with Crippen LogP contribution >= 0.6 is 14.5 Å². The topological polar surface area (TPSA) is 0 Å². The first-order valence-electron chi connectivity index (χ1n) is 15.9. The predicted molar refractivity (Wildman–Crippen MR) is 188 cm³/mol. The van der Waals surface area contributed by atoms with Crippen LogP contribution in [0.1, 0.15) is 11.1 Å². The molecule has 6 rings (SSSR count). The molecule has 0 fully saturated rings. The monoisotopic (exact) mass is 918 g/mol. The van der Waals surface area contributed by atoms with Crippen molar-refractivity contribution in [3.8, 4) is 0 Å². The van der Waals surface area contributed by atoms with E-state index < -0.39 is 96.1 Å². The molecule has 6 aromatic rings. The molecule has 0 aliphatic heterocycles. The standard InChI is InChI=1S/C40H28F10P2.2BrH/c41-31-29(32(42)36(46)39(49)35(31)45)23-51(25-13-5-1-6-14-25,26-15-7-2-8-16-26)21-22-52(27-17-9-3-10-18-27,28-19-11-4-12-20-28)24-30-33(43)37(47)40(50)38(48)34(30)44;;/h1-20H,21-24H2;2*1H/q+2;;/p-2. The zero-order valence-corrected chi connectivity index (χ0v) is 32.8. The van der Waals surface area contributed by atoms with Crippen molar-refractivity contribution >= 4 is 35.7 Å². The Morgan fingerprint density at radius 2 is 0.463 bits per heavy atom. The molecular formula is C40H28Br2F10P2. The van der Waals surface area contributed by atoms with Crippen molar-refractivity contribution in [1.82, 2.24) is 0 Å². The molecule has 0 heterocycles. The maximum Gasteiger partial charge on any atom is 0.200 e. The molecule has 0 N–H and O–H groups in total. The molecule has 0 bridgehead atoms. The second-order valence-corrected chi connectivity index (χ2v) is 19.6. The Morgan fingerprint density at radius 3 is 0.667 bits per heavy atom. The van der Waals surface area contributed by atoms with E-state index in [4.69, 9.17) is 0 Å². The molecule has 0 saturated carbocycles. The van der Waals surface area contributed by atoms with Gasteiger partial charge in [0, 0.05) is 0 Å². The highest BCUT2D eigenvalue weighted by atomic mass is 79.9. The van der Waals surface area contributed by atoms with Crippen molar-refractivity contribution in [1.29, 1.82) is 0 Å². The summed E-state index contributed by atoms with van der Waals surface area (Å²) in [7, 11) is -6.66. The van der Waals surface area contributed by atoms with Crippen molar-refractivity contribution in [3.05, 3.63) is 191 Å². The van der Waals surface area contributed by atoms with Crippen molar-refractivity contribution in [2.45, 2.75) is 12.3 Å². The average Bonchev–Trinajstić information content (AvgIpc) is 3.19. The second kappa shape index (κ2) is 17.9. The number of rotatable bonds is 11. The van der Waals surface area contributed by atoms with Gasteiger partial charge in [-0.2, -0.15) is 0 Å². The lowest BCUT2D eigenvalue weighted by atomic mass is 10.2. The third-order valence-electron chi connectivity index (χ3n) is 9.32. The van der Waals surface area contributed by atoms with E-state index in [0.29, 0.717) is 21.2 Å². The third-order valence-corrected chi connectivity index (χ3v) is 18.5. The average molecular weight is 920 g/mol. The number of benzene rings is 6. The summed E-state index contributed by atoms with van der Waals surface area (Å²) in [6.07, 6.45) is -1.35. The van der Waals surface area contributed by atoms with E-state index in [1.54, 1.807) is 121 Å². The lowest BCUT2D eigenvalue weighted by Gasteiger charge is -2.33. The number of halogens is 12. The van der Waals surface area contributed by atoms with Gasteiger partial charge in [0.15, 0.2) is 46.5 Å². The van der Waals surface area contributed by atoms with E-state index in [-0.39, 0.29) is 46.3 Å². The fourth-order valence-electron chi connectivity index (χ4n) is 6.65. The second-order valence-electron chi connectivity index (χ2n) is 12.1. The van der Waals surface area contributed by atoms with Crippen LogP contribution in [0.25, 0.3) is 0 Å². The minimum atomic E-state index is -3.33. The number of hydrogen-bond acceptors (Lipinski definition) is 0. The minimum absolute atomic E-state index is 0. The molecule has 6 aromatic carbocycles. The third kappa shape index (κ3) is 7.90. The Balaban J connectivity index is 0.00000325. The first kappa shape index (κ1) is 43.2. The van der Waals surface area contributed by atoms with Gasteiger partial charge in [-0.1, -0.05) is 72.8 Å². The van der Waals surface area contributed by atoms with Crippen LogP contribution in [0.3, 0.4) is 0 Å². The van der Waals surface area contributed by atoms with Crippen molar-refractivity contribution in [3.63, 3.8) is 0 Å². The van der Waals surface area contributed by atoms with Crippen LogP contribution < -0.4 is 55.2 Å². The highest BCUT2D eigenvalue weighted by Crippen LogP contribution is 2.67. The van der Waals surface area contributed by atoms with Gasteiger partial charge in [0.25, 0.3) is 0 Å². The van der Waals surface area contributed by atoms with Crippen LogP contribution in [-0.2, 0) is 12.3 Å². The van der Waals surface area contributed by atoms with Gasteiger partial charge in [-0.3, -0.25) is 0 Å². The zero-order valence-electron chi connectivity index (χ0n) is 27.8. The summed E-state index contributed by atoms with van der Waals surface area (Å²) in [6, 6.07) is 33.5. The molecule has 0 aliphatic rings. The molecule has 0 spiro atoms. The molecule has 0 aliphatic carbocycles. The lowest BCUT2D eigenvalue weighted by Crippen LogP contribution is -3.00. The van der Waals surface area contributed by atoms with Gasteiger partial charge in [0.1, 0.15) is 12.3 Å². The molecule has 0 radical (unpaired) electrons. The maximum atomic E-state index is 15.6. The number of hydrogen-bond donors (Lipinski definition) is 0. The summed E-state index contributed by atoms with van der Waals surface area (Å²) in [5.74, 6) is -21.0. The smallest absolute Gasteiger partial charge is 0.200 e. The largest absolute Gasteiger partial charge is 1.00 e. The van der Waals surface area contributed by atoms with Crippen molar-refractivity contribution in [2.75, 3.05) is 12.3 Å². The van der Waals surface area contributed by atoms with Gasteiger partial charge in [-0.25, -0.2) is 43.9 Å². The molecule has 0 aromatic heterocycles. The van der Waals surface area contributed by atoms with Crippen molar-refractivity contribution in [2.24, 2.45) is 0 Å². The van der Waals surface area contributed by atoms with Crippen LogP contribution in [0.2, 0.25) is 0 Å². The van der Waals surface area contributed by atoms with Crippen LogP contribution in [-0.4, -0.2) is 12.3 Å². The first-order valence-corrected chi connectivity index (χ1v) is 20.2. The first-order chi connectivity index (χ1) is 24.9. The van der Waals surface area contributed by atoms with Gasteiger partial charge in [-0.05, 0) is 48.5 Å². The fraction of sp³-hybridized carbons (Fsp3) is 0.100. The molecular weight excluding hydrogens is 892 g/mol. The van der Waals surface area contributed by atoms with E-state index in [9.17, 15) is 26.3 Å². The summed E-state index contributed by atoms with van der Waals surface area (Å²) in [5, 5.41) is 2.11. The van der Waals surface area contributed by atoms with Gasteiger partial charge >= 0.3 is 0 Å². The zero-order chi connectivity index (χ0) is 37.2. The van der Waals surface area contributed by atoms with Crippen LogP contribution in [0.15, 0.2) is 121 Å². The molecule has 0 unspecified atom stereocenters. The molecule has 282 valence electrons. The molecule has 0 saturated heterocycles. The molecule has 54 heavy (non-hydrogen) atoms. The van der Waals surface area contributed by atoms with E-state index in [1.807, 2.05) is 0 Å². The van der Waals surface area contributed by atoms with E-state index in [0.717, 1.165) is 0 Å². The van der Waals surface area contributed by atoms with Crippen LogP contribution in [0, 0.1) is 58.2 Å². The van der Waals surface area contributed by atoms with Gasteiger partial charge in [-0.15, -0.1) is 0 Å². The Labute approximate surface area is 327 Å².